The van der Waals surface area contributed by atoms with Gasteiger partial charge in [-0.05, 0) is 26.3 Å². The number of alkyl halides is 3. The Labute approximate surface area is 151 Å². The van der Waals surface area contributed by atoms with E-state index < -0.39 is 28.5 Å². The lowest BCUT2D eigenvalue weighted by molar-refractivity contribution is -0.138. The summed E-state index contributed by atoms with van der Waals surface area (Å²) < 4.78 is 44.4. The van der Waals surface area contributed by atoms with Gasteiger partial charge in [-0.2, -0.15) is 18.4 Å². The second kappa shape index (κ2) is 7.78. The molecule has 2 rings (SSSR count). The molecule has 26 heavy (non-hydrogen) atoms. The number of carbonyl (C=O) groups is 1. The molecule has 6 nitrogen and oxygen atoms in total. The van der Waals surface area contributed by atoms with Gasteiger partial charge in [0.1, 0.15) is 16.9 Å². The highest BCUT2D eigenvalue weighted by Crippen LogP contribution is 2.37. The van der Waals surface area contributed by atoms with E-state index in [9.17, 15) is 23.2 Å². The minimum Gasteiger partial charge on any atom is -0.360 e. The summed E-state index contributed by atoms with van der Waals surface area (Å²) in [7, 11) is 0. The summed E-state index contributed by atoms with van der Waals surface area (Å²) in [5.41, 5.74) is -1.53. The Balaban J connectivity index is 2.31. The van der Waals surface area contributed by atoms with Gasteiger partial charge in [0.2, 0.25) is 5.91 Å². The first-order valence-electron chi connectivity index (χ1n) is 7.55. The van der Waals surface area contributed by atoms with Gasteiger partial charge < -0.3 is 9.84 Å². The van der Waals surface area contributed by atoms with E-state index in [2.05, 4.69) is 15.5 Å². The van der Waals surface area contributed by atoms with Crippen LogP contribution in [0.25, 0.3) is 0 Å². The topological polar surface area (TPSA) is 91.8 Å². The van der Waals surface area contributed by atoms with Gasteiger partial charge in [-0.15, -0.1) is 0 Å². The molecule has 1 amide bonds. The molecule has 0 aliphatic heterocycles. The van der Waals surface area contributed by atoms with Crippen molar-refractivity contribution in [3.05, 3.63) is 34.7 Å². The fraction of sp³-hybridized carbons (Fsp3) is 0.375. The van der Waals surface area contributed by atoms with Gasteiger partial charge in [-0.3, -0.25) is 4.79 Å². The van der Waals surface area contributed by atoms with Crippen molar-refractivity contribution in [1.29, 1.82) is 5.26 Å². The zero-order valence-electron chi connectivity index (χ0n) is 14.1. The predicted octanol–water partition coefficient (Wildman–Crippen LogP) is 4.09. The third kappa shape index (κ3) is 4.54. The third-order valence-electron chi connectivity index (χ3n) is 3.33. The predicted molar refractivity (Wildman–Crippen MR) is 88.5 cm³/mol. The first-order valence-corrected chi connectivity index (χ1v) is 8.43. The molecule has 0 saturated carbocycles. The number of hydrogen-bond donors (Lipinski definition) is 1. The molecule has 0 aromatic carbocycles. The fourth-order valence-corrected chi connectivity index (χ4v) is 3.22. The van der Waals surface area contributed by atoms with Crippen LogP contribution in [0.4, 0.5) is 19.0 Å². The first-order chi connectivity index (χ1) is 12.2. The van der Waals surface area contributed by atoms with Crippen LogP contribution in [0.3, 0.4) is 0 Å². The van der Waals surface area contributed by atoms with Crippen molar-refractivity contribution in [1.82, 2.24) is 10.1 Å². The Hall–Kier alpha value is -2.54. The van der Waals surface area contributed by atoms with Gasteiger partial charge >= 0.3 is 6.18 Å². The van der Waals surface area contributed by atoms with E-state index in [1.165, 1.54) is 13.0 Å². The molecule has 138 valence electrons. The molecule has 0 spiro atoms. The molecule has 1 unspecified atom stereocenters. The standard InChI is InChI=1S/C16H15F3N4O2S/c1-4-12(14(24)22-13-6-9(3)25-23-13)26-15-10(7-20)11(16(17,18)19)5-8(2)21-15/h5-6,12H,4H2,1-3H3,(H,22,23,24). The maximum atomic E-state index is 13.2. The van der Waals surface area contributed by atoms with Crippen molar-refractivity contribution in [3.63, 3.8) is 0 Å². The number of aromatic nitrogens is 2. The number of carbonyl (C=O) groups excluding carboxylic acids is 1. The second-order valence-electron chi connectivity index (χ2n) is 5.43. The van der Waals surface area contributed by atoms with E-state index in [0.29, 0.717) is 12.2 Å². The van der Waals surface area contributed by atoms with Crippen LogP contribution in [0.15, 0.2) is 21.7 Å². The first kappa shape index (κ1) is 19.8. The quantitative estimate of drug-likeness (QED) is 0.781. The van der Waals surface area contributed by atoms with Crippen molar-refractivity contribution in [2.45, 2.75) is 43.6 Å². The lowest BCUT2D eigenvalue weighted by atomic mass is 10.1. The monoisotopic (exact) mass is 384 g/mol. The second-order valence-corrected chi connectivity index (χ2v) is 6.62. The zero-order chi connectivity index (χ0) is 19.5. The van der Waals surface area contributed by atoms with Crippen LogP contribution in [-0.4, -0.2) is 21.3 Å². The van der Waals surface area contributed by atoms with Gasteiger partial charge in [0.05, 0.1) is 16.4 Å². The third-order valence-corrected chi connectivity index (χ3v) is 4.68. The molecule has 1 N–H and O–H groups in total. The summed E-state index contributed by atoms with van der Waals surface area (Å²) in [5, 5.41) is 14.5. The van der Waals surface area contributed by atoms with Crippen LogP contribution in [0, 0.1) is 25.2 Å². The Morgan fingerprint density at radius 1 is 1.42 bits per heavy atom. The SMILES string of the molecule is CCC(Sc1nc(C)cc(C(F)(F)F)c1C#N)C(=O)Nc1cc(C)on1. The average Bonchev–Trinajstić information content (AvgIpc) is 2.95. The van der Waals surface area contributed by atoms with Crippen molar-refractivity contribution in [2.24, 2.45) is 0 Å². The van der Waals surface area contributed by atoms with Gasteiger partial charge in [0, 0.05) is 11.8 Å². The van der Waals surface area contributed by atoms with E-state index in [4.69, 9.17) is 4.52 Å². The summed E-state index contributed by atoms with van der Waals surface area (Å²) in [6.45, 7) is 4.76. The van der Waals surface area contributed by atoms with E-state index in [0.717, 1.165) is 17.8 Å². The molecule has 0 aliphatic rings. The van der Waals surface area contributed by atoms with Crippen LogP contribution in [0.2, 0.25) is 0 Å². The molecular formula is C16H15F3N4O2S. The molecule has 2 aromatic heterocycles. The Kier molecular flexibility index (Phi) is 5.92. The molecule has 2 heterocycles. The molecular weight excluding hydrogens is 369 g/mol. The number of rotatable bonds is 5. The van der Waals surface area contributed by atoms with E-state index in [-0.39, 0.29) is 16.5 Å². The zero-order valence-corrected chi connectivity index (χ0v) is 15.0. The van der Waals surface area contributed by atoms with Crippen molar-refractivity contribution >= 4 is 23.5 Å². The van der Waals surface area contributed by atoms with Crippen LogP contribution in [0.1, 0.15) is 35.9 Å². The molecule has 0 saturated heterocycles. The maximum Gasteiger partial charge on any atom is 0.417 e. The highest BCUT2D eigenvalue weighted by Gasteiger charge is 2.36. The molecule has 0 fully saturated rings. The van der Waals surface area contributed by atoms with Gasteiger partial charge in [0.15, 0.2) is 5.82 Å². The van der Waals surface area contributed by atoms with Gasteiger partial charge in [-0.25, -0.2) is 4.98 Å². The minimum absolute atomic E-state index is 0.112. The molecule has 2 aromatic rings. The lowest BCUT2D eigenvalue weighted by Crippen LogP contribution is -2.25. The average molecular weight is 384 g/mol. The lowest BCUT2D eigenvalue weighted by Gasteiger charge is -2.16. The summed E-state index contributed by atoms with van der Waals surface area (Å²) in [4.78, 5) is 16.4. The number of aryl methyl sites for hydroxylation is 2. The highest BCUT2D eigenvalue weighted by atomic mass is 32.2. The number of hydrogen-bond acceptors (Lipinski definition) is 6. The van der Waals surface area contributed by atoms with Crippen LogP contribution in [0.5, 0.6) is 0 Å². The largest absolute Gasteiger partial charge is 0.417 e. The van der Waals surface area contributed by atoms with E-state index in [1.54, 1.807) is 19.9 Å². The van der Waals surface area contributed by atoms with Crippen molar-refractivity contribution in [2.75, 3.05) is 5.32 Å². The van der Waals surface area contributed by atoms with Crippen LogP contribution < -0.4 is 5.32 Å². The Bertz CT molecular complexity index is 858. The summed E-state index contributed by atoms with van der Waals surface area (Å²) >= 11 is 0.814. The Morgan fingerprint density at radius 3 is 2.62 bits per heavy atom. The normalized spacial score (nSPS) is 12.5. The molecule has 0 bridgehead atoms. The number of nitrogens with zero attached hydrogens (tertiary/aromatic N) is 3. The van der Waals surface area contributed by atoms with Crippen LogP contribution >= 0.6 is 11.8 Å². The number of amides is 1. The van der Waals surface area contributed by atoms with Crippen LogP contribution in [-0.2, 0) is 11.0 Å². The molecule has 1 atom stereocenters. The van der Waals surface area contributed by atoms with Crippen molar-refractivity contribution < 1.29 is 22.5 Å². The van der Waals surface area contributed by atoms with E-state index >= 15 is 0 Å². The number of nitrogens with one attached hydrogen (secondary N) is 1. The number of anilines is 1. The maximum absolute atomic E-state index is 13.2. The summed E-state index contributed by atoms with van der Waals surface area (Å²) in [6, 6.07) is 3.89. The number of thioether (sulfide) groups is 1. The highest BCUT2D eigenvalue weighted by molar-refractivity contribution is 8.00. The summed E-state index contributed by atoms with van der Waals surface area (Å²) in [5.74, 6) is 0.245. The molecule has 0 radical (unpaired) electrons. The van der Waals surface area contributed by atoms with Crippen molar-refractivity contribution in [3.8, 4) is 6.07 Å². The minimum atomic E-state index is -4.68. The van der Waals surface area contributed by atoms with Gasteiger partial charge in [0.25, 0.3) is 0 Å². The smallest absolute Gasteiger partial charge is 0.360 e. The number of pyridine rings is 1. The fourth-order valence-electron chi connectivity index (χ4n) is 2.15. The number of nitriles is 1. The molecule has 0 aliphatic carbocycles. The summed E-state index contributed by atoms with van der Waals surface area (Å²) in [6.07, 6.45) is -4.37. The van der Waals surface area contributed by atoms with Gasteiger partial charge in [-0.1, -0.05) is 23.8 Å². The number of halogens is 3. The molecule has 10 heteroatoms. The van der Waals surface area contributed by atoms with E-state index in [1.807, 2.05) is 0 Å². The Morgan fingerprint density at radius 2 is 2.12 bits per heavy atom.